The Kier molecular flexibility index (Phi) is 8.18. The average molecular weight is 493 g/mol. The van der Waals surface area contributed by atoms with Gasteiger partial charge >= 0.3 is 0 Å². The number of ether oxygens (including phenoxy) is 1. The fraction of sp³-hybridized carbons (Fsp3) is 0.367. The lowest BCUT2D eigenvalue weighted by Gasteiger charge is -2.31. The van der Waals surface area contributed by atoms with Crippen molar-refractivity contribution in [3.05, 3.63) is 75.9 Å². The summed E-state index contributed by atoms with van der Waals surface area (Å²) in [6, 6.07) is 4.10. The summed E-state index contributed by atoms with van der Waals surface area (Å²) in [5, 5.41) is 42.5. The van der Waals surface area contributed by atoms with Gasteiger partial charge in [0.2, 0.25) is 0 Å². The van der Waals surface area contributed by atoms with E-state index >= 15 is 0 Å². The van der Waals surface area contributed by atoms with Gasteiger partial charge < -0.3 is 25.2 Å². The van der Waals surface area contributed by atoms with Crippen molar-refractivity contribution < 1.29 is 30.0 Å². The third-order valence-corrected chi connectivity index (χ3v) is 6.54. The van der Waals surface area contributed by atoms with Crippen molar-refractivity contribution in [2.45, 2.75) is 66.4 Å². The summed E-state index contributed by atoms with van der Waals surface area (Å²) in [5.74, 6) is -0.937. The Hall–Kier alpha value is -3.67. The van der Waals surface area contributed by atoms with Crippen molar-refractivity contribution in [3.8, 4) is 28.7 Å². The molecule has 4 N–H and O–H groups in total. The van der Waals surface area contributed by atoms with Crippen LogP contribution in [0.25, 0.3) is 0 Å². The molecule has 1 aliphatic heterocycles. The van der Waals surface area contributed by atoms with Crippen LogP contribution in [0.3, 0.4) is 0 Å². The van der Waals surface area contributed by atoms with Gasteiger partial charge in [0.15, 0.2) is 5.78 Å². The number of phenolic OH excluding ortho intramolecular Hbond substituents is 4. The fourth-order valence-electron chi connectivity index (χ4n) is 4.40. The molecule has 0 saturated heterocycles. The molecule has 0 bridgehead atoms. The van der Waals surface area contributed by atoms with Crippen LogP contribution in [0.4, 0.5) is 0 Å². The van der Waals surface area contributed by atoms with Crippen LogP contribution < -0.4 is 4.74 Å². The smallest absolute Gasteiger partial charge is 0.174 e. The Morgan fingerprint density at radius 2 is 1.69 bits per heavy atom. The first-order valence-corrected chi connectivity index (χ1v) is 12.1. The van der Waals surface area contributed by atoms with E-state index < -0.39 is 6.10 Å². The van der Waals surface area contributed by atoms with Crippen molar-refractivity contribution >= 4 is 5.78 Å². The summed E-state index contributed by atoms with van der Waals surface area (Å²) in [5.41, 5.74) is 4.22. The number of carbonyl (C=O) groups excluding carboxylic acids is 1. The molecule has 3 rings (SSSR count). The summed E-state index contributed by atoms with van der Waals surface area (Å²) < 4.78 is 6.25. The molecular weight excluding hydrogens is 456 g/mol. The number of phenols is 4. The van der Waals surface area contributed by atoms with Gasteiger partial charge in [-0.05, 0) is 71.9 Å². The lowest BCUT2D eigenvalue weighted by Crippen LogP contribution is -2.23. The molecule has 2 atom stereocenters. The molecule has 0 radical (unpaired) electrons. The molecular formula is C30H36O6. The van der Waals surface area contributed by atoms with Crippen LogP contribution >= 0.6 is 0 Å². The Morgan fingerprint density at radius 1 is 1.03 bits per heavy atom. The molecule has 2 aromatic carbocycles. The van der Waals surface area contributed by atoms with Gasteiger partial charge in [0.1, 0.15) is 40.4 Å². The Balaban J connectivity index is 2.19. The maximum atomic E-state index is 13.4. The average Bonchev–Trinajstić information content (AvgIpc) is 2.77. The van der Waals surface area contributed by atoms with E-state index in [1.807, 2.05) is 40.7 Å². The highest BCUT2D eigenvalue weighted by atomic mass is 16.5. The Morgan fingerprint density at radius 3 is 2.28 bits per heavy atom. The van der Waals surface area contributed by atoms with Gasteiger partial charge in [-0.2, -0.15) is 0 Å². The highest BCUT2D eigenvalue weighted by molar-refractivity contribution is 6.04. The molecule has 0 aliphatic carbocycles. The Bertz CT molecular complexity index is 1240. The number of hydrogen-bond acceptors (Lipinski definition) is 6. The molecule has 6 nitrogen and oxygen atoms in total. The molecule has 0 fully saturated rings. The van der Waals surface area contributed by atoms with Crippen molar-refractivity contribution in [1.82, 2.24) is 0 Å². The third-order valence-electron chi connectivity index (χ3n) is 6.54. The number of hydrogen-bond donors (Lipinski definition) is 4. The van der Waals surface area contributed by atoms with Gasteiger partial charge in [0.05, 0.1) is 6.42 Å². The SMILES string of the molecule is C=C(C)[C@@H](CC=C(C)C)Cc1c(O)c(CC=C(C)C)c(O)c2c1O[C@H](c1ccc(O)cc1O)CC2=O. The number of aromatic hydroxyl groups is 4. The van der Waals surface area contributed by atoms with Crippen molar-refractivity contribution in [3.63, 3.8) is 0 Å². The van der Waals surface area contributed by atoms with E-state index in [9.17, 15) is 25.2 Å². The predicted molar refractivity (Wildman–Crippen MR) is 141 cm³/mol. The van der Waals surface area contributed by atoms with E-state index in [-0.39, 0.29) is 64.4 Å². The number of fused-ring (bicyclic) bond motifs is 1. The van der Waals surface area contributed by atoms with Gasteiger partial charge in [0.25, 0.3) is 0 Å². The molecule has 6 heteroatoms. The topological polar surface area (TPSA) is 107 Å². The van der Waals surface area contributed by atoms with Gasteiger partial charge in [-0.15, -0.1) is 0 Å². The first-order chi connectivity index (χ1) is 16.9. The summed E-state index contributed by atoms with van der Waals surface area (Å²) >= 11 is 0. The van der Waals surface area contributed by atoms with Crippen LogP contribution in [0.2, 0.25) is 0 Å². The monoisotopic (exact) mass is 492 g/mol. The van der Waals surface area contributed by atoms with Gasteiger partial charge in [-0.25, -0.2) is 0 Å². The number of benzene rings is 2. The minimum Gasteiger partial charge on any atom is -0.508 e. The van der Waals surface area contributed by atoms with E-state index in [0.717, 1.165) is 16.7 Å². The zero-order valence-corrected chi connectivity index (χ0v) is 21.7. The summed E-state index contributed by atoms with van der Waals surface area (Å²) in [6.45, 7) is 13.9. The number of rotatable bonds is 8. The van der Waals surface area contributed by atoms with Crippen LogP contribution in [0, 0.1) is 5.92 Å². The van der Waals surface area contributed by atoms with E-state index in [1.54, 1.807) is 0 Å². The van der Waals surface area contributed by atoms with Crippen LogP contribution in [0.5, 0.6) is 28.7 Å². The van der Waals surface area contributed by atoms with E-state index in [0.29, 0.717) is 24.0 Å². The largest absolute Gasteiger partial charge is 0.508 e. The quantitative estimate of drug-likeness (QED) is 0.301. The molecule has 0 amide bonds. The number of carbonyl (C=O) groups is 1. The van der Waals surface area contributed by atoms with Gasteiger partial charge in [-0.1, -0.05) is 35.5 Å². The zero-order valence-electron chi connectivity index (χ0n) is 21.7. The fourth-order valence-corrected chi connectivity index (χ4v) is 4.40. The maximum absolute atomic E-state index is 13.4. The van der Waals surface area contributed by atoms with Crippen molar-refractivity contribution in [2.75, 3.05) is 0 Å². The molecule has 192 valence electrons. The van der Waals surface area contributed by atoms with Crippen molar-refractivity contribution in [2.24, 2.45) is 5.92 Å². The second-order valence-electron chi connectivity index (χ2n) is 10.1. The second-order valence-corrected chi connectivity index (χ2v) is 10.1. The van der Waals surface area contributed by atoms with Crippen molar-refractivity contribution in [1.29, 1.82) is 0 Å². The normalized spacial score (nSPS) is 15.5. The standard InChI is InChI=1S/C30H36O6/c1-16(2)7-9-19(18(5)6)13-23-28(34)22(11-8-17(3)4)29(35)27-25(33)15-26(36-30(23)27)21-12-10-20(31)14-24(21)32/h7-8,10,12,14,19,26,31-32,34-35H,5,9,11,13,15H2,1-4,6H3/t19-,26-/m0/s1. The summed E-state index contributed by atoms with van der Waals surface area (Å²) in [7, 11) is 0. The minimum absolute atomic E-state index is 0.0306. The lowest BCUT2D eigenvalue weighted by atomic mass is 9.84. The minimum atomic E-state index is -0.840. The number of Topliss-reactive ketones (excluding diaryl/α,β-unsaturated/α-hetero) is 1. The molecule has 1 aliphatic rings. The molecule has 0 unspecified atom stereocenters. The van der Waals surface area contributed by atoms with Crippen LogP contribution in [0.1, 0.15) is 80.6 Å². The number of ketones is 1. The maximum Gasteiger partial charge on any atom is 0.174 e. The lowest BCUT2D eigenvalue weighted by molar-refractivity contribution is 0.0838. The first kappa shape index (κ1) is 26.9. The summed E-state index contributed by atoms with van der Waals surface area (Å²) in [6.07, 6.45) is 4.37. The molecule has 2 aromatic rings. The summed E-state index contributed by atoms with van der Waals surface area (Å²) in [4.78, 5) is 13.4. The van der Waals surface area contributed by atoms with E-state index in [1.165, 1.54) is 18.2 Å². The van der Waals surface area contributed by atoms with Crippen LogP contribution in [-0.4, -0.2) is 26.2 Å². The molecule has 0 aromatic heterocycles. The van der Waals surface area contributed by atoms with Gasteiger partial charge in [0, 0.05) is 22.8 Å². The van der Waals surface area contributed by atoms with Crippen LogP contribution in [0.15, 0.2) is 53.6 Å². The molecule has 0 spiro atoms. The predicted octanol–water partition coefficient (Wildman–Crippen LogP) is 6.82. The number of allylic oxidation sites excluding steroid dienone is 5. The van der Waals surface area contributed by atoms with E-state index in [4.69, 9.17) is 4.74 Å². The second kappa shape index (κ2) is 10.9. The molecule has 36 heavy (non-hydrogen) atoms. The highest BCUT2D eigenvalue weighted by Crippen LogP contribution is 2.50. The Labute approximate surface area is 212 Å². The van der Waals surface area contributed by atoms with Gasteiger partial charge in [-0.3, -0.25) is 4.79 Å². The molecule has 0 saturated carbocycles. The first-order valence-electron chi connectivity index (χ1n) is 12.1. The van der Waals surface area contributed by atoms with Crippen LogP contribution in [-0.2, 0) is 12.8 Å². The molecule has 1 heterocycles. The third kappa shape index (κ3) is 5.76. The highest BCUT2D eigenvalue weighted by Gasteiger charge is 2.37. The van der Waals surface area contributed by atoms with E-state index in [2.05, 4.69) is 12.7 Å². The zero-order chi connectivity index (χ0) is 26.7.